The van der Waals surface area contributed by atoms with Gasteiger partial charge >= 0.3 is 0 Å². The van der Waals surface area contributed by atoms with Gasteiger partial charge < -0.3 is 11.5 Å². The minimum Gasteiger partial charge on any atom is -0.397 e. The minimum absolute atomic E-state index is 0.411. The summed E-state index contributed by atoms with van der Waals surface area (Å²) >= 11 is 2.91. The molecule has 3 heterocycles. The molecule has 2 bridgehead atoms. The Balaban J connectivity index is 1.94. The van der Waals surface area contributed by atoms with Crippen LogP contribution in [0.4, 0.5) is 5.69 Å². The summed E-state index contributed by atoms with van der Waals surface area (Å²) in [5, 5.41) is 0.888. The maximum atomic E-state index is 11.7. The van der Waals surface area contributed by atoms with Crippen molar-refractivity contribution in [3.05, 3.63) is 27.8 Å². The molecule has 5 rings (SSSR count). The Labute approximate surface area is 140 Å². The number of rotatable bonds is 2. The molecule has 4 N–H and O–H groups in total. The van der Waals surface area contributed by atoms with Crippen molar-refractivity contribution < 1.29 is 4.79 Å². The average Bonchev–Trinajstić information content (AvgIpc) is 3.29. The number of carbonyl (C=O) groups is 1. The van der Waals surface area contributed by atoms with E-state index in [-0.39, 0.29) is 0 Å². The number of aromatic nitrogens is 2. The fourth-order valence-corrected chi connectivity index (χ4v) is 5.83. The fourth-order valence-electron chi connectivity index (χ4n) is 4.18. The summed E-state index contributed by atoms with van der Waals surface area (Å²) in [4.78, 5) is 23.2. The summed E-state index contributed by atoms with van der Waals surface area (Å²) in [6, 6.07) is 0. The lowest BCUT2D eigenvalue weighted by Gasteiger charge is -2.18. The van der Waals surface area contributed by atoms with Crippen molar-refractivity contribution >= 4 is 44.5 Å². The normalized spacial score (nSPS) is 21.9. The van der Waals surface area contributed by atoms with Gasteiger partial charge in [0.15, 0.2) is 0 Å². The van der Waals surface area contributed by atoms with Gasteiger partial charge in [-0.25, -0.2) is 4.98 Å². The van der Waals surface area contributed by atoms with Crippen LogP contribution in [-0.2, 0) is 0 Å². The molecule has 23 heavy (non-hydrogen) atoms. The average molecular weight is 342 g/mol. The molecule has 0 radical (unpaired) electrons. The van der Waals surface area contributed by atoms with Crippen molar-refractivity contribution in [3.63, 3.8) is 0 Å². The number of anilines is 1. The number of thiazole rings is 1. The Morgan fingerprint density at radius 2 is 2.13 bits per heavy atom. The quantitative estimate of drug-likeness (QED) is 0.745. The molecule has 1 amide bonds. The van der Waals surface area contributed by atoms with Crippen LogP contribution in [0.15, 0.2) is 11.7 Å². The van der Waals surface area contributed by atoms with Gasteiger partial charge in [0.25, 0.3) is 5.91 Å². The first-order valence-electron chi connectivity index (χ1n) is 7.59. The second-order valence-electron chi connectivity index (χ2n) is 6.25. The largest absolute Gasteiger partial charge is 0.397 e. The van der Waals surface area contributed by atoms with Crippen molar-refractivity contribution in [1.82, 2.24) is 9.97 Å². The summed E-state index contributed by atoms with van der Waals surface area (Å²) in [6.45, 7) is 0. The number of primary amides is 1. The Morgan fingerprint density at radius 3 is 2.87 bits per heavy atom. The standard InChI is InChI=1S/C16H14N4OS2/c17-12-11-10(8-4-19-5-22-8)9-6-1-2-7(3-6)13(9)20-16(11)23-14(12)15(18)21/h4-7H,1-3,17H2,(H2,18,21). The molecule has 0 spiro atoms. The number of nitrogens with two attached hydrogens (primary N) is 2. The van der Waals surface area contributed by atoms with E-state index < -0.39 is 5.91 Å². The zero-order chi connectivity index (χ0) is 15.7. The van der Waals surface area contributed by atoms with Crippen molar-refractivity contribution in [3.8, 4) is 10.4 Å². The van der Waals surface area contributed by atoms with Gasteiger partial charge in [0.05, 0.1) is 16.1 Å². The van der Waals surface area contributed by atoms with Crippen molar-refractivity contribution in [1.29, 1.82) is 0 Å². The first-order valence-corrected chi connectivity index (χ1v) is 9.29. The molecular formula is C16H14N4OS2. The second-order valence-corrected chi connectivity index (χ2v) is 8.13. The van der Waals surface area contributed by atoms with E-state index in [1.807, 2.05) is 11.7 Å². The number of amides is 1. The monoisotopic (exact) mass is 342 g/mol. The number of thiophene rings is 1. The maximum absolute atomic E-state index is 11.7. The Bertz CT molecular complexity index is 961. The molecule has 3 aromatic rings. The van der Waals surface area contributed by atoms with Crippen LogP contribution in [0, 0.1) is 0 Å². The number of hydrogen-bond donors (Lipinski definition) is 2. The highest BCUT2D eigenvalue weighted by Crippen LogP contribution is 2.57. The highest BCUT2D eigenvalue weighted by atomic mass is 32.1. The van der Waals surface area contributed by atoms with Crippen LogP contribution in [0.2, 0.25) is 0 Å². The zero-order valence-corrected chi connectivity index (χ0v) is 13.8. The van der Waals surface area contributed by atoms with Crippen LogP contribution >= 0.6 is 22.7 Å². The molecule has 2 aliphatic rings. The molecule has 2 atom stereocenters. The number of nitrogens with zero attached hydrogens (tertiary/aromatic N) is 2. The van der Waals surface area contributed by atoms with Crippen LogP contribution in [0.3, 0.4) is 0 Å². The smallest absolute Gasteiger partial charge is 0.260 e. The van der Waals surface area contributed by atoms with Gasteiger partial charge in [-0.3, -0.25) is 9.78 Å². The number of carbonyl (C=O) groups excluding carboxylic acids is 1. The summed E-state index contributed by atoms with van der Waals surface area (Å²) in [7, 11) is 0. The molecule has 0 aromatic carbocycles. The summed E-state index contributed by atoms with van der Waals surface area (Å²) in [5.41, 5.74) is 17.8. The third-order valence-corrected chi connectivity index (χ3v) is 6.98. The zero-order valence-electron chi connectivity index (χ0n) is 12.2. The molecule has 0 saturated heterocycles. The lowest BCUT2D eigenvalue weighted by atomic mass is 9.89. The Kier molecular flexibility index (Phi) is 2.64. The van der Waals surface area contributed by atoms with E-state index in [0.717, 1.165) is 20.7 Å². The van der Waals surface area contributed by atoms with Gasteiger partial charge in [-0.15, -0.1) is 22.7 Å². The molecule has 116 valence electrons. The Hall–Kier alpha value is -1.99. The van der Waals surface area contributed by atoms with E-state index in [2.05, 4.69) is 4.98 Å². The van der Waals surface area contributed by atoms with E-state index in [1.54, 1.807) is 11.3 Å². The first kappa shape index (κ1) is 13.4. The van der Waals surface area contributed by atoms with Crippen molar-refractivity contribution in [2.75, 3.05) is 5.73 Å². The molecule has 5 nitrogen and oxygen atoms in total. The van der Waals surface area contributed by atoms with Crippen LogP contribution in [0.1, 0.15) is 52.0 Å². The van der Waals surface area contributed by atoms with E-state index >= 15 is 0 Å². The molecule has 0 aliphatic heterocycles. The van der Waals surface area contributed by atoms with E-state index in [4.69, 9.17) is 16.5 Å². The minimum atomic E-state index is -0.483. The second kappa shape index (κ2) is 4.52. The van der Waals surface area contributed by atoms with Gasteiger partial charge in [0, 0.05) is 28.8 Å². The van der Waals surface area contributed by atoms with Crippen molar-refractivity contribution in [2.24, 2.45) is 5.73 Å². The Morgan fingerprint density at radius 1 is 1.30 bits per heavy atom. The third-order valence-electron chi connectivity index (χ3n) is 5.07. The lowest BCUT2D eigenvalue weighted by molar-refractivity contribution is 0.100. The summed E-state index contributed by atoms with van der Waals surface area (Å²) in [6.07, 6.45) is 5.49. The van der Waals surface area contributed by atoms with Crippen LogP contribution in [-0.4, -0.2) is 15.9 Å². The molecule has 3 aromatic heterocycles. The molecule has 1 saturated carbocycles. The van der Waals surface area contributed by atoms with Crippen molar-refractivity contribution in [2.45, 2.75) is 31.1 Å². The summed E-state index contributed by atoms with van der Waals surface area (Å²) in [5.74, 6) is 0.621. The molecular weight excluding hydrogens is 328 g/mol. The van der Waals surface area contributed by atoms with Gasteiger partial charge in [-0.05, 0) is 30.7 Å². The predicted octanol–water partition coefficient (Wildman–Crippen LogP) is 3.47. The molecule has 7 heteroatoms. The molecule has 2 aliphatic carbocycles. The van der Waals surface area contributed by atoms with Gasteiger partial charge in [-0.1, -0.05) is 0 Å². The maximum Gasteiger partial charge on any atom is 0.260 e. The van der Waals surface area contributed by atoms with Crippen LogP contribution in [0.25, 0.3) is 20.7 Å². The third kappa shape index (κ3) is 1.69. The number of nitrogen functional groups attached to an aromatic ring is 1. The van der Waals surface area contributed by atoms with Crippen LogP contribution in [0.5, 0.6) is 0 Å². The summed E-state index contributed by atoms with van der Waals surface area (Å²) < 4.78 is 0. The van der Waals surface area contributed by atoms with Crippen LogP contribution < -0.4 is 11.5 Å². The van der Waals surface area contributed by atoms with E-state index in [0.29, 0.717) is 22.4 Å². The number of fused-ring (bicyclic) bond motifs is 6. The van der Waals surface area contributed by atoms with E-state index in [1.165, 1.54) is 41.9 Å². The van der Waals surface area contributed by atoms with E-state index in [9.17, 15) is 4.79 Å². The topological polar surface area (TPSA) is 94.9 Å². The molecule has 2 unspecified atom stereocenters. The lowest BCUT2D eigenvalue weighted by Crippen LogP contribution is -2.10. The number of pyridine rings is 1. The SMILES string of the molecule is NC(=O)c1sc2nc3c(c(-c4cncs4)c2c1N)C1CCC3C1. The molecule has 1 fully saturated rings. The predicted molar refractivity (Wildman–Crippen MR) is 93.0 cm³/mol. The van der Waals surface area contributed by atoms with Gasteiger partial charge in [0.1, 0.15) is 9.71 Å². The van der Waals surface area contributed by atoms with Gasteiger partial charge in [-0.2, -0.15) is 0 Å². The highest BCUT2D eigenvalue weighted by molar-refractivity contribution is 7.21. The fraction of sp³-hybridized carbons (Fsp3) is 0.312. The first-order chi connectivity index (χ1) is 11.1. The van der Waals surface area contributed by atoms with Gasteiger partial charge in [0.2, 0.25) is 0 Å². The highest BCUT2D eigenvalue weighted by Gasteiger charge is 2.41. The number of hydrogen-bond acceptors (Lipinski definition) is 6.